The molecule has 1 atom stereocenters. The van der Waals surface area contributed by atoms with Crippen LogP contribution in [0.3, 0.4) is 0 Å². The van der Waals surface area contributed by atoms with Crippen molar-refractivity contribution in [2.45, 2.75) is 32.7 Å². The maximum atomic E-state index is 12.1. The minimum atomic E-state index is 0.151. The lowest BCUT2D eigenvalue weighted by Gasteiger charge is -2.13. The minimum Gasteiger partial charge on any atom is -0.307 e. The van der Waals surface area contributed by atoms with Gasteiger partial charge in [0, 0.05) is 11.6 Å². The van der Waals surface area contributed by atoms with E-state index in [0.717, 1.165) is 18.4 Å². The molecule has 0 spiro atoms. The highest BCUT2D eigenvalue weighted by molar-refractivity contribution is 5.97. The molecular formula is C19H23NO. The summed E-state index contributed by atoms with van der Waals surface area (Å²) in [6.07, 6.45) is 1.93. The molecule has 0 aliphatic rings. The second-order valence-corrected chi connectivity index (χ2v) is 5.45. The Labute approximate surface area is 127 Å². The van der Waals surface area contributed by atoms with Gasteiger partial charge in [-0.25, -0.2) is 0 Å². The van der Waals surface area contributed by atoms with E-state index in [1.807, 2.05) is 42.5 Å². The van der Waals surface area contributed by atoms with Crippen molar-refractivity contribution in [1.82, 2.24) is 5.32 Å². The number of hydrogen-bond donors (Lipinski definition) is 1. The zero-order valence-corrected chi connectivity index (χ0v) is 12.8. The molecule has 2 aromatic rings. The maximum Gasteiger partial charge on any atom is 0.176 e. The van der Waals surface area contributed by atoms with E-state index in [9.17, 15) is 4.79 Å². The van der Waals surface area contributed by atoms with E-state index < -0.39 is 0 Å². The fourth-order valence-corrected chi connectivity index (χ4v) is 2.34. The third kappa shape index (κ3) is 4.83. The van der Waals surface area contributed by atoms with Crippen molar-refractivity contribution >= 4 is 5.78 Å². The lowest BCUT2D eigenvalue weighted by atomic mass is 10.1. The number of hydrogen-bond acceptors (Lipinski definition) is 2. The van der Waals surface area contributed by atoms with Crippen LogP contribution in [-0.4, -0.2) is 18.4 Å². The molecule has 0 radical (unpaired) electrons. The third-order valence-electron chi connectivity index (χ3n) is 3.68. The Hall–Kier alpha value is -1.93. The molecule has 1 N–H and O–H groups in total. The average Bonchev–Trinajstić information content (AvgIpc) is 2.53. The molecule has 0 saturated carbocycles. The first-order valence-electron chi connectivity index (χ1n) is 7.58. The van der Waals surface area contributed by atoms with Crippen molar-refractivity contribution in [3.05, 3.63) is 71.3 Å². The Morgan fingerprint density at radius 1 is 1.00 bits per heavy atom. The van der Waals surface area contributed by atoms with Gasteiger partial charge >= 0.3 is 0 Å². The standard InChI is InChI=1S/C19H23NO/c1-3-16-9-11-18(12-10-16)19(21)14-20-15(2)13-17-7-5-4-6-8-17/h4-12,15,20H,3,13-14H2,1-2H3/t15-/m0/s1. The van der Waals surface area contributed by atoms with Crippen LogP contribution in [0.4, 0.5) is 0 Å². The van der Waals surface area contributed by atoms with Gasteiger partial charge in [-0.2, -0.15) is 0 Å². The van der Waals surface area contributed by atoms with E-state index in [4.69, 9.17) is 0 Å². The second-order valence-electron chi connectivity index (χ2n) is 5.45. The highest BCUT2D eigenvalue weighted by atomic mass is 16.1. The fourth-order valence-electron chi connectivity index (χ4n) is 2.34. The molecule has 0 heterocycles. The lowest BCUT2D eigenvalue weighted by molar-refractivity contribution is 0.0988. The number of carbonyl (C=O) groups is 1. The number of rotatable bonds is 7. The molecule has 0 aliphatic heterocycles. The van der Waals surface area contributed by atoms with Crippen LogP contribution < -0.4 is 5.32 Å². The van der Waals surface area contributed by atoms with Crippen molar-refractivity contribution in [2.75, 3.05) is 6.54 Å². The van der Waals surface area contributed by atoms with Crippen LogP contribution in [0.5, 0.6) is 0 Å². The summed E-state index contributed by atoms with van der Waals surface area (Å²) in [7, 11) is 0. The molecule has 0 unspecified atom stereocenters. The van der Waals surface area contributed by atoms with E-state index in [1.165, 1.54) is 11.1 Å². The van der Waals surface area contributed by atoms with E-state index >= 15 is 0 Å². The van der Waals surface area contributed by atoms with Gasteiger partial charge in [-0.15, -0.1) is 0 Å². The summed E-state index contributed by atoms with van der Waals surface area (Å²) in [6.45, 7) is 4.61. The van der Waals surface area contributed by atoms with Gasteiger partial charge in [0.1, 0.15) is 0 Å². The average molecular weight is 281 g/mol. The molecule has 0 aromatic heterocycles. The summed E-state index contributed by atoms with van der Waals surface area (Å²) in [4.78, 5) is 12.1. The largest absolute Gasteiger partial charge is 0.307 e. The van der Waals surface area contributed by atoms with Crippen molar-refractivity contribution in [3.63, 3.8) is 0 Å². The van der Waals surface area contributed by atoms with Crippen LogP contribution in [0.1, 0.15) is 35.3 Å². The monoisotopic (exact) mass is 281 g/mol. The predicted molar refractivity (Wildman–Crippen MR) is 87.8 cm³/mol. The van der Waals surface area contributed by atoms with Crippen LogP contribution in [-0.2, 0) is 12.8 Å². The predicted octanol–water partition coefficient (Wildman–Crippen LogP) is 3.65. The SMILES string of the molecule is CCc1ccc(C(=O)CN[C@@H](C)Cc2ccccc2)cc1. The van der Waals surface area contributed by atoms with Gasteiger partial charge < -0.3 is 5.32 Å². The maximum absolute atomic E-state index is 12.1. The van der Waals surface area contributed by atoms with Gasteiger partial charge in [-0.05, 0) is 30.9 Å². The van der Waals surface area contributed by atoms with Crippen LogP contribution in [0.25, 0.3) is 0 Å². The molecule has 2 aromatic carbocycles. The van der Waals surface area contributed by atoms with Crippen molar-refractivity contribution in [1.29, 1.82) is 0 Å². The molecule has 2 rings (SSSR count). The molecule has 110 valence electrons. The van der Waals surface area contributed by atoms with Crippen molar-refractivity contribution < 1.29 is 4.79 Å². The molecule has 0 aliphatic carbocycles. The summed E-state index contributed by atoms with van der Waals surface area (Å²) in [6, 6.07) is 18.5. The van der Waals surface area contributed by atoms with E-state index in [1.54, 1.807) is 0 Å². The molecule has 0 fully saturated rings. The van der Waals surface area contributed by atoms with Crippen molar-refractivity contribution in [3.8, 4) is 0 Å². The first-order valence-corrected chi connectivity index (χ1v) is 7.58. The van der Waals surface area contributed by atoms with Crippen LogP contribution in [0, 0.1) is 0 Å². The van der Waals surface area contributed by atoms with Crippen LogP contribution >= 0.6 is 0 Å². The Balaban J connectivity index is 1.82. The first kappa shape index (κ1) is 15.5. The van der Waals surface area contributed by atoms with Gasteiger partial charge in [-0.1, -0.05) is 61.5 Å². The molecule has 0 saturated heterocycles. The van der Waals surface area contributed by atoms with Gasteiger partial charge in [-0.3, -0.25) is 4.79 Å². The smallest absolute Gasteiger partial charge is 0.176 e. The summed E-state index contributed by atoms with van der Waals surface area (Å²) < 4.78 is 0. The van der Waals surface area contributed by atoms with Gasteiger partial charge in [0.05, 0.1) is 6.54 Å². The van der Waals surface area contributed by atoms with Gasteiger partial charge in [0.2, 0.25) is 0 Å². The zero-order chi connectivity index (χ0) is 15.1. The Bertz CT molecular complexity index is 560. The normalized spacial score (nSPS) is 12.1. The number of ketones is 1. The van der Waals surface area contributed by atoms with E-state index in [-0.39, 0.29) is 11.8 Å². The summed E-state index contributed by atoms with van der Waals surface area (Å²) in [5.74, 6) is 0.151. The van der Waals surface area contributed by atoms with Crippen LogP contribution in [0.2, 0.25) is 0 Å². The number of aryl methyl sites for hydroxylation is 1. The Morgan fingerprint density at radius 3 is 2.29 bits per heavy atom. The van der Waals surface area contributed by atoms with Crippen molar-refractivity contribution in [2.24, 2.45) is 0 Å². The fraction of sp³-hybridized carbons (Fsp3) is 0.316. The summed E-state index contributed by atoms with van der Waals surface area (Å²) in [5.41, 5.74) is 3.33. The molecule has 0 bridgehead atoms. The molecular weight excluding hydrogens is 258 g/mol. The van der Waals surface area contributed by atoms with Gasteiger partial charge in [0.25, 0.3) is 0 Å². The zero-order valence-electron chi connectivity index (χ0n) is 12.8. The Morgan fingerprint density at radius 2 is 1.67 bits per heavy atom. The Kier molecular flexibility index (Phi) is 5.70. The van der Waals surface area contributed by atoms with Crippen LogP contribution in [0.15, 0.2) is 54.6 Å². The molecule has 0 amide bonds. The van der Waals surface area contributed by atoms with E-state index in [2.05, 4.69) is 31.3 Å². The quantitative estimate of drug-likeness (QED) is 0.785. The van der Waals surface area contributed by atoms with E-state index in [0.29, 0.717) is 6.54 Å². The van der Waals surface area contributed by atoms with Gasteiger partial charge in [0.15, 0.2) is 5.78 Å². The summed E-state index contributed by atoms with van der Waals surface area (Å²) >= 11 is 0. The molecule has 21 heavy (non-hydrogen) atoms. The minimum absolute atomic E-state index is 0.151. The molecule has 2 nitrogen and oxygen atoms in total. The third-order valence-corrected chi connectivity index (χ3v) is 3.68. The summed E-state index contributed by atoms with van der Waals surface area (Å²) in [5, 5.41) is 3.31. The second kappa shape index (κ2) is 7.75. The number of benzene rings is 2. The number of nitrogens with one attached hydrogen (secondary N) is 1. The number of Topliss-reactive ketones (excluding diaryl/α,β-unsaturated/α-hetero) is 1. The first-order chi connectivity index (χ1) is 10.2. The number of carbonyl (C=O) groups excluding carboxylic acids is 1. The topological polar surface area (TPSA) is 29.1 Å². The highest BCUT2D eigenvalue weighted by Crippen LogP contribution is 2.06. The lowest BCUT2D eigenvalue weighted by Crippen LogP contribution is -2.33. The molecule has 2 heteroatoms. The highest BCUT2D eigenvalue weighted by Gasteiger charge is 2.08.